The minimum atomic E-state index is -0.251. The highest BCUT2D eigenvalue weighted by atomic mass is 32.1. The number of benzene rings is 1. The number of carbonyl (C=O) groups excluding carboxylic acids is 1. The average molecular weight is 409 g/mol. The van der Waals surface area contributed by atoms with Crippen molar-refractivity contribution in [3.63, 3.8) is 0 Å². The van der Waals surface area contributed by atoms with Gasteiger partial charge >= 0.3 is 0 Å². The quantitative estimate of drug-likeness (QED) is 0.480. The molecule has 2 aromatic rings. The fraction of sp³-hybridized carbons (Fsp3) is 0.348. The van der Waals surface area contributed by atoms with E-state index in [4.69, 9.17) is 12.2 Å². The zero-order chi connectivity index (χ0) is 20.3. The first-order valence-electron chi connectivity index (χ1n) is 9.57. The summed E-state index contributed by atoms with van der Waals surface area (Å²) in [7, 11) is 0. The van der Waals surface area contributed by atoms with E-state index in [1.54, 1.807) is 6.08 Å². The smallest absolute Gasteiger partial charge is 0.249 e. The van der Waals surface area contributed by atoms with Gasteiger partial charge in [0.25, 0.3) is 0 Å². The first-order chi connectivity index (χ1) is 13.4. The van der Waals surface area contributed by atoms with E-state index in [1.807, 2.05) is 12.1 Å². The van der Waals surface area contributed by atoms with Gasteiger partial charge in [-0.15, -0.1) is 11.3 Å². The molecule has 0 saturated carbocycles. The number of hydrogen-bond acceptors (Lipinski definition) is 4. The van der Waals surface area contributed by atoms with Crippen molar-refractivity contribution in [3.05, 3.63) is 62.0 Å². The molecule has 1 aromatic heterocycles. The van der Waals surface area contributed by atoms with Gasteiger partial charge in [0.15, 0.2) is 0 Å². The lowest BCUT2D eigenvalue weighted by Crippen LogP contribution is -2.15. The lowest BCUT2D eigenvalue weighted by molar-refractivity contribution is -0.111. The molecule has 1 atom stereocenters. The number of nitrogens with zero attached hydrogens (tertiary/aromatic N) is 1. The molecule has 0 spiro atoms. The molecule has 0 radical (unpaired) electrons. The summed E-state index contributed by atoms with van der Waals surface area (Å²) in [5, 5.41) is 13.1. The Balaban J connectivity index is 1.80. The van der Waals surface area contributed by atoms with E-state index in [-0.39, 0.29) is 5.91 Å². The predicted molar refractivity (Wildman–Crippen MR) is 119 cm³/mol. The highest BCUT2D eigenvalue weighted by molar-refractivity contribution is 7.73. The van der Waals surface area contributed by atoms with Crippen molar-refractivity contribution in [1.29, 1.82) is 5.26 Å². The van der Waals surface area contributed by atoms with Crippen LogP contribution >= 0.6 is 23.6 Å². The van der Waals surface area contributed by atoms with Crippen LogP contribution in [0.25, 0.3) is 6.08 Å². The van der Waals surface area contributed by atoms with Crippen molar-refractivity contribution in [3.8, 4) is 6.07 Å². The van der Waals surface area contributed by atoms with Crippen molar-refractivity contribution in [2.45, 2.75) is 46.0 Å². The van der Waals surface area contributed by atoms with Gasteiger partial charge in [-0.3, -0.25) is 4.79 Å². The van der Waals surface area contributed by atoms with Crippen molar-refractivity contribution in [1.82, 2.24) is 0 Å². The molecule has 1 heterocycles. The Morgan fingerprint density at radius 2 is 2.04 bits per heavy atom. The van der Waals surface area contributed by atoms with Crippen LogP contribution in [0.4, 0.5) is 5.00 Å². The van der Waals surface area contributed by atoms with Crippen LogP contribution in [0.5, 0.6) is 0 Å². The lowest BCUT2D eigenvalue weighted by atomic mass is 9.85. The Labute approximate surface area is 175 Å². The predicted octanol–water partition coefficient (Wildman–Crippen LogP) is 6.25. The summed E-state index contributed by atoms with van der Waals surface area (Å²) in [4.78, 5) is 12.4. The number of hydrogen-bond donors (Lipinski definition) is 1. The van der Waals surface area contributed by atoms with Crippen LogP contribution in [0.3, 0.4) is 0 Å². The molecule has 3 rings (SSSR count). The topological polar surface area (TPSA) is 52.9 Å². The molecule has 144 valence electrons. The molecule has 1 aliphatic carbocycles. The van der Waals surface area contributed by atoms with Gasteiger partial charge in [0, 0.05) is 6.08 Å². The lowest BCUT2D eigenvalue weighted by Gasteiger charge is -2.23. The summed E-state index contributed by atoms with van der Waals surface area (Å²) in [6.07, 6.45) is 6.09. The SMILES string of the molecule is CC1CCc2c(C#N)c(NC(=O)/C=C/c3ccc(C(C)C)cc3)sc(=S)c2C1. The average Bonchev–Trinajstić information content (AvgIpc) is 2.67. The van der Waals surface area contributed by atoms with E-state index < -0.39 is 0 Å². The molecule has 1 aromatic carbocycles. The van der Waals surface area contributed by atoms with E-state index in [0.717, 1.165) is 39.8 Å². The van der Waals surface area contributed by atoms with E-state index in [1.165, 1.54) is 23.0 Å². The molecule has 1 aliphatic rings. The Kier molecular flexibility index (Phi) is 6.43. The largest absolute Gasteiger partial charge is 0.313 e. The molecule has 5 heteroatoms. The summed E-state index contributed by atoms with van der Waals surface area (Å²) in [6, 6.07) is 10.4. The maximum Gasteiger partial charge on any atom is 0.249 e. The van der Waals surface area contributed by atoms with Gasteiger partial charge in [-0.05, 0) is 59.4 Å². The normalized spacial score (nSPS) is 16.0. The van der Waals surface area contributed by atoms with Crippen LogP contribution in [0, 0.1) is 21.1 Å². The monoisotopic (exact) mass is 408 g/mol. The minimum Gasteiger partial charge on any atom is -0.313 e. The van der Waals surface area contributed by atoms with Crippen LogP contribution in [0.15, 0.2) is 30.3 Å². The Morgan fingerprint density at radius 3 is 2.68 bits per heavy atom. The van der Waals surface area contributed by atoms with Crippen LogP contribution in [-0.2, 0) is 17.6 Å². The van der Waals surface area contributed by atoms with E-state index in [0.29, 0.717) is 22.4 Å². The minimum absolute atomic E-state index is 0.251. The maximum absolute atomic E-state index is 12.4. The Bertz CT molecular complexity index is 1010. The fourth-order valence-electron chi connectivity index (χ4n) is 3.46. The number of fused-ring (bicyclic) bond motifs is 1. The second kappa shape index (κ2) is 8.81. The molecule has 1 unspecified atom stereocenters. The van der Waals surface area contributed by atoms with Crippen LogP contribution in [-0.4, -0.2) is 5.91 Å². The second-order valence-electron chi connectivity index (χ2n) is 7.65. The van der Waals surface area contributed by atoms with Crippen molar-refractivity contribution in [2.75, 3.05) is 5.32 Å². The maximum atomic E-state index is 12.4. The van der Waals surface area contributed by atoms with Gasteiger partial charge in [-0.2, -0.15) is 5.26 Å². The van der Waals surface area contributed by atoms with Gasteiger partial charge < -0.3 is 5.32 Å². The number of carbonyl (C=O) groups is 1. The zero-order valence-corrected chi connectivity index (χ0v) is 18.0. The molecular formula is C23H24N2OS2. The third kappa shape index (κ3) is 4.57. The zero-order valence-electron chi connectivity index (χ0n) is 16.4. The van der Waals surface area contributed by atoms with Crippen LogP contribution < -0.4 is 5.32 Å². The number of nitriles is 1. The third-order valence-corrected chi connectivity index (χ3v) is 6.59. The summed E-state index contributed by atoms with van der Waals surface area (Å²) in [6.45, 7) is 6.51. The van der Waals surface area contributed by atoms with Gasteiger partial charge in [-0.1, -0.05) is 57.3 Å². The van der Waals surface area contributed by atoms with Gasteiger partial charge in [0.05, 0.1) is 9.39 Å². The van der Waals surface area contributed by atoms with E-state index in [2.05, 4.69) is 44.3 Å². The number of amides is 1. The van der Waals surface area contributed by atoms with Crippen molar-refractivity contribution >= 4 is 40.5 Å². The highest BCUT2D eigenvalue weighted by Crippen LogP contribution is 2.35. The van der Waals surface area contributed by atoms with Crippen LogP contribution in [0.2, 0.25) is 0 Å². The number of rotatable bonds is 4. The molecule has 0 saturated heterocycles. The molecule has 0 fully saturated rings. The van der Waals surface area contributed by atoms with Gasteiger partial charge in [-0.25, -0.2) is 0 Å². The Morgan fingerprint density at radius 1 is 1.32 bits per heavy atom. The van der Waals surface area contributed by atoms with Crippen molar-refractivity contribution in [2.24, 2.45) is 5.92 Å². The highest BCUT2D eigenvalue weighted by Gasteiger charge is 2.23. The first-order valence-corrected chi connectivity index (χ1v) is 10.8. The molecular weight excluding hydrogens is 384 g/mol. The number of anilines is 1. The molecule has 1 amide bonds. The Hall–Kier alpha value is -2.29. The summed E-state index contributed by atoms with van der Waals surface area (Å²) in [5.41, 5.74) is 4.95. The van der Waals surface area contributed by atoms with Crippen molar-refractivity contribution < 1.29 is 4.79 Å². The second-order valence-corrected chi connectivity index (χ2v) is 9.34. The summed E-state index contributed by atoms with van der Waals surface area (Å²) < 4.78 is 0.782. The molecule has 28 heavy (non-hydrogen) atoms. The summed E-state index contributed by atoms with van der Waals surface area (Å²) >= 11 is 6.88. The first kappa shape index (κ1) is 20.4. The standard InChI is InChI=1S/C23H24N2OS2/c1-14(2)17-8-5-16(6-9-17)7-11-21(26)25-22-20(13-24)18-10-4-15(3)12-19(18)23(27)28-22/h5-9,11,14-15H,4,10,12H2,1-3H3,(H,25,26)/b11-7+. The molecule has 3 nitrogen and oxygen atoms in total. The third-order valence-electron chi connectivity index (χ3n) is 5.15. The summed E-state index contributed by atoms with van der Waals surface area (Å²) in [5.74, 6) is 0.810. The van der Waals surface area contributed by atoms with Gasteiger partial charge in [0.2, 0.25) is 5.91 Å². The number of nitrogens with one attached hydrogen (secondary N) is 1. The molecule has 0 bridgehead atoms. The molecule has 0 aliphatic heterocycles. The fourth-order valence-corrected chi connectivity index (χ4v) is 4.86. The van der Waals surface area contributed by atoms with Gasteiger partial charge in [0.1, 0.15) is 11.1 Å². The van der Waals surface area contributed by atoms with E-state index in [9.17, 15) is 10.1 Å². The van der Waals surface area contributed by atoms with Crippen LogP contribution in [0.1, 0.15) is 60.9 Å². The molecule has 1 N–H and O–H groups in total. The van der Waals surface area contributed by atoms with E-state index >= 15 is 0 Å².